The van der Waals surface area contributed by atoms with Gasteiger partial charge in [-0.05, 0) is 49.2 Å². The highest BCUT2D eigenvalue weighted by Crippen LogP contribution is 2.38. The largest absolute Gasteiger partial charge is 0.334 e. The SMILES string of the molecule is CC1=C(c2nc(-c3cccc(Cl)c3)no2)C(c2cccc(F)c2)NC(=O)N1Cc1cccc(C)c1. The Hall–Kier alpha value is -3.97. The van der Waals surface area contributed by atoms with Crippen LogP contribution in [0.5, 0.6) is 0 Å². The lowest BCUT2D eigenvalue weighted by Gasteiger charge is -2.35. The average molecular weight is 489 g/mol. The summed E-state index contributed by atoms with van der Waals surface area (Å²) >= 11 is 6.13. The number of carbonyl (C=O) groups is 1. The highest BCUT2D eigenvalue weighted by molar-refractivity contribution is 6.30. The lowest BCUT2D eigenvalue weighted by molar-refractivity contribution is 0.203. The van der Waals surface area contributed by atoms with Crippen molar-refractivity contribution in [1.29, 1.82) is 0 Å². The molecule has 35 heavy (non-hydrogen) atoms. The summed E-state index contributed by atoms with van der Waals surface area (Å²) in [5.41, 5.74) is 4.60. The molecule has 1 atom stereocenters. The van der Waals surface area contributed by atoms with Crippen LogP contribution in [-0.2, 0) is 6.54 Å². The number of aromatic nitrogens is 2. The molecule has 176 valence electrons. The second kappa shape index (κ2) is 9.35. The van der Waals surface area contributed by atoms with Gasteiger partial charge in [0.05, 0.1) is 18.2 Å². The third-order valence-electron chi connectivity index (χ3n) is 5.94. The second-order valence-corrected chi connectivity index (χ2v) is 8.88. The zero-order valence-corrected chi connectivity index (χ0v) is 19.9. The van der Waals surface area contributed by atoms with E-state index in [1.807, 2.05) is 44.2 Å². The molecule has 2 heterocycles. The first-order valence-corrected chi connectivity index (χ1v) is 11.5. The van der Waals surface area contributed by atoms with E-state index in [0.717, 1.165) is 11.1 Å². The van der Waals surface area contributed by atoms with Crippen molar-refractivity contribution in [2.24, 2.45) is 0 Å². The summed E-state index contributed by atoms with van der Waals surface area (Å²) in [5, 5.41) is 7.69. The fraction of sp³-hybridized carbons (Fsp3) is 0.148. The molecule has 5 rings (SSSR count). The molecule has 8 heteroatoms. The van der Waals surface area contributed by atoms with Crippen LogP contribution >= 0.6 is 11.6 Å². The summed E-state index contributed by atoms with van der Waals surface area (Å²) in [5.74, 6) is 0.199. The van der Waals surface area contributed by atoms with Crippen molar-refractivity contribution in [3.63, 3.8) is 0 Å². The molecule has 1 N–H and O–H groups in total. The molecule has 0 fully saturated rings. The fourth-order valence-corrected chi connectivity index (χ4v) is 4.45. The molecule has 1 unspecified atom stereocenters. The van der Waals surface area contributed by atoms with Gasteiger partial charge < -0.3 is 9.84 Å². The molecule has 6 nitrogen and oxygen atoms in total. The number of aryl methyl sites for hydroxylation is 1. The van der Waals surface area contributed by atoms with Gasteiger partial charge in [-0.15, -0.1) is 0 Å². The van der Waals surface area contributed by atoms with E-state index in [-0.39, 0.29) is 11.9 Å². The van der Waals surface area contributed by atoms with E-state index in [0.29, 0.717) is 39.8 Å². The van der Waals surface area contributed by atoms with Gasteiger partial charge >= 0.3 is 6.03 Å². The van der Waals surface area contributed by atoms with E-state index in [1.165, 1.54) is 12.1 Å². The predicted molar refractivity (Wildman–Crippen MR) is 132 cm³/mol. The van der Waals surface area contributed by atoms with E-state index in [9.17, 15) is 9.18 Å². The molecule has 3 aromatic carbocycles. The third-order valence-corrected chi connectivity index (χ3v) is 6.18. The summed E-state index contributed by atoms with van der Waals surface area (Å²) < 4.78 is 19.8. The van der Waals surface area contributed by atoms with Crippen LogP contribution in [0, 0.1) is 12.7 Å². The van der Waals surface area contributed by atoms with Gasteiger partial charge in [0.1, 0.15) is 5.82 Å². The molecule has 1 aromatic heterocycles. The molecule has 2 amide bonds. The molecule has 0 saturated heterocycles. The van der Waals surface area contributed by atoms with Gasteiger partial charge in [0.25, 0.3) is 5.89 Å². The van der Waals surface area contributed by atoms with Crippen molar-refractivity contribution < 1.29 is 13.7 Å². The quantitative estimate of drug-likeness (QED) is 0.346. The fourth-order valence-electron chi connectivity index (χ4n) is 4.26. The van der Waals surface area contributed by atoms with Gasteiger partial charge in [-0.25, -0.2) is 9.18 Å². The van der Waals surface area contributed by atoms with E-state index >= 15 is 0 Å². The van der Waals surface area contributed by atoms with Crippen LogP contribution in [0.1, 0.15) is 35.5 Å². The van der Waals surface area contributed by atoms with Crippen LogP contribution in [0.15, 0.2) is 83.0 Å². The number of nitrogens with one attached hydrogen (secondary N) is 1. The molecule has 4 aromatic rings. The second-order valence-electron chi connectivity index (χ2n) is 8.45. The van der Waals surface area contributed by atoms with Crippen molar-refractivity contribution in [1.82, 2.24) is 20.4 Å². The Morgan fingerprint density at radius 2 is 1.86 bits per heavy atom. The summed E-state index contributed by atoms with van der Waals surface area (Å²) in [6, 6.07) is 20.3. The van der Waals surface area contributed by atoms with E-state index < -0.39 is 11.9 Å². The molecule has 0 bridgehead atoms. The summed E-state index contributed by atoms with van der Waals surface area (Å²) in [7, 11) is 0. The van der Waals surface area contributed by atoms with Gasteiger partial charge in [-0.1, -0.05) is 70.9 Å². The first kappa shape index (κ1) is 22.8. The van der Waals surface area contributed by atoms with Crippen molar-refractivity contribution in [3.05, 3.63) is 112 Å². The number of allylic oxidation sites excluding steroid dienone is 1. The van der Waals surface area contributed by atoms with E-state index in [1.54, 1.807) is 35.2 Å². The number of amides is 2. The maximum absolute atomic E-state index is 14.1. The van der Waals surface area contributed by atoms with Crippen LogP contribution in [0.4, 0.5) is 9.18 Å². The first-order valence-electron chi connectivity index (χ1n) is 11.1. The van der Waals surface area contributed by atoms with Crippen LogP contribution in [0.2, 0.25) is 5.02 Å². The van der Waals surface area contributed by atoms with Crippen LogP contribution in [-0.4, -0.2) is 21.1 Å². The maximum atomic E-state index is 14.1. The summed E-state index contributed by atoms with van der Waals surface area (Å²) in [4.78, 5) is 19.4. The number of hydrogen-bond acceptors (Lipinski definition) is 4. The zero-order valence-electron chi connectivity index (χ0n) is 19.1. The van der Waals surface area contributed by atoms with Gasteiger partial charge in [-0.3, -0.25) is 4.90 Å². The molecule has 0 radical (unpaired) electrons. The topological polar surface area (TPSA) is 71.3 Å². The number of urea groups is 1. The van der Waals surface area contributed by atoms with Crippen LogP contribution in [0.25, 0.3) is 17.0 Å². The zero-order chi connectivity index (χ0) is 24.5. The monoisotopic (exact) mass is 488 g/mol. The lowest BCUT2D eigenvalue weighted by Crippen LogP contribution is -2.45. The number of rotatable bonds is 5. The summed E-state index contributed by atoms with van der Waals surface area (Å²) in [6.45, 7) is 4.19. The molecule has 1 aliphatic heterocycles. The standard InChI is InChI=1S/C27H22ClFN4O2/c1-16-6-3-7-18(12-16)15-33-17(2)23(24(30-27(33)34)19-8-5-11-22(29)14-19)26-31-25(32-35-26)20-9-4-10-21(28)13-20/h3-14,24H,15H2,1-2H3,(H,30,34). The summed E-state index contributed by atoms with van der Waals surface area (Å²) in [6.07, 6.45) is 0. The Morgan fingerprint density at radius 3 is 2.63 bits per heavy atom. The van der Waals surface area contributed by atoms with Crippen LogP contribution < -0.4 is 5.32 Å². The highest BCUT2D eigenvalue weighted by Gasteiger charge is 2.36. The Labute approximate surface area is 207 Å². The Morgan fingerprint density at radius 1 is 1.06 bits per heavy atom. The average Bonchev–Trinajstić information content (AvgIpc) is 3.31. The minimum absolute atomic E-state index is 0.237. The maximum Gasteiger partial charge on any atom is 0.322 e. The highest BCUT2D eigenvalue weighted by atomic mass is 35.5. The number of carbonyl (C=O) groups excluding carboxylic acids is 1. The van der Waals surface area contributed by atoms with E-state index in [2.05, 4.69) is 15.5 Å². The number of halogens is 2. The molecular formula is C27H22ClFN4O2. The first-order chi connectivity index (χ1) is 16.9. The van der Waals surface area contributed by atoms with Crippen LogP contribution in [0.3, 0.4) is 0 Å². The smallest absolute Gasteiger partial charge is 0.322 e. The predicted octanol–water partition coefficient (Wildman–Crippen LogP) is 6.54. The van der Waals surface area contributed by atoms with Crippen molar-refractivity contribution >= 4 is 23.2 Å². The normalized spacial score (nSPS) is 15.9. The third kappa shape index (κ3) is 4.68. The number of benzene rings is 3. The molecular weight excluding hydrogens is 467 g/mol. The van der Waals surface area contributed by atoms with Crippen molar-refractivity contribution in [2.75, 3.05) is 0 Å². The Kier molecular flexibility index (Phi) is 6.09. The van der Waals surface area contributed by atoms with Gasteiger partial charge in [0.15, 0.2) is 0 Å². The number of hydrogen-bond donors (Lipinski definition) is 1. The minimum Gasteiger partial charge on any atom is -0.334 e. The molecule has 0 aliphatic carbocycles. The lowest BCUT2D eigenvalue weighted by atomic mass is 9.94. The van der Waals surface area contributed by atoms with Gasteiger partial charge in [0, 0.05) is 16.3 Å². The van der Waals surface area contributed by atoms with Gasteiger partial charge in [-0.2, -0.15) is 4.98 Å². The number of nitrogens with zero attached hydrogens (tertiary/aromatic N) is 3. The van der Waals surface area contributed by atoms with Crippen molar-refractivity contribution in [3.8, 4) is 11.4 Å². The molecule has 0 saturated carbocycles. The Bertz CT molecular complexity index is 1450. The van der Waals surface area contributed by atoms with Crippen molar-refractivity contribution in [2.45, 2.75) is 26.4 Å². The molecule has 0 spiro atoms. The molecule has 1 aliphatic rings. The van der Waals surface area contributed by atoms with E-state index in [4.69, 9.17) is 16.1 Å². The van der Waals surface area contributed by atoms with Gasteiger partial charge in [0.2, 0.25) is 5.82 Å². The Balaban J connectivity index is 1.61. The minimum atomic E-state index is -0.667.